The van der Waals surface area contributed by atoms with Crippen LogP contribution in [0.2, 0.25) is 0 Å². The number of carbonyl (C=O) groups is 1. The maximum Gasteiger partial charge on any atom is 0.220 e. The smallest absolute Gasteiger partial charge is 0.220 e. The highest BCUT2D eigenvalue weighted by molar-refractivity contribution is 7.11. The number of hydrogen-bond acceptors (Lipinski definition) is 4. The molecule has 0 aromatic carbocycles. The third-order valence-corrected chi connectivity index (χ3v) is 4.69. The highest BCUT2D eigenvalue weighted by Gasteiger charge is 2.21. The number of piperidine rings is 1. The normalized spacial score (nSPS) is 19.0. The molecule has 1 saturated heterocycles. The van der Waals surface area contributed by atoms with Gasteiger partial charge >= 0.3 is 0 Å². The molecular formula is C14H25Cl2N3OS. The van der Waals surface area contributed by atoms with Gasteiger partial charge in [-0.1, -0.05) is 6.92 Å². The van der Waals surface area contributed by atoms with Gasteiger partial charge in [0.15, 0.2) is 0 Å². The fourth-order valence-corrected chi connectivity index (χ4v) is 3.30. The monoisotopic (exact) mass is 353 g/mol. The van der Waals surface area contributed by atoms with Crippen LogP contribution in [0.15, 0.2) is 6.20 Å². The zero-order valence-corrected chi connectivity index (χ0v) is 15.0. The Kier molecular flexibility index (Phi) is 10.2. The summed E-state index contributed by atoms with van der Waals surface area (Å²) in [7, 11) is 0. The summed E-state index contributed by atoms with van der Waals surface area (Å²) in [6, 6.07) is 0. The van der Waals surface area contributed by atoms with Crippen LogP contribution in [0, 0.1) is 18.8 Å². The Morgan fingerprint density at radius 2 is 2.33 bits per heavy atom. The molecular weight excluding hydrogens is 329 g/mol. The second-order valence-electron chi connectivity index (χ2n) is 5.41. The van der Waals surface area contributed by atoms with Crippen molar-refractivity contribution in [1.82, 2.24) is 15.6 Å². The van der Waals surface area contributed by atoms with Gasteiger partial charge in [0.2, 0.25) is 5.91 Å². The molecule has 21 heavy (non-hydrogen) atoms. The molecule has 1 aromatic rings. The Morgan fingerprint density at radius 3 is 2.90 bits per heavy atom. The van der Waals surface area contributed by atoms with Gasteiger partial charge < -0.3 is 10.6 Å². The minimum atomic E-state index is 0. The second-order valence-corrected chi connectivity index (χ2v) is 6.73. The number of aryl methyl sites for hydroxylation is 1. The molecule has 122 valence electrons. The predicted octanol–water partition coefficient (Wildman–Crippen LogP) is 2.94. The third kappa shape index (κ3) is 6.96. The maximum atomic E-state index is 11.9. The summed E-state index contributed by atoms with van der Waals surface area (Å²) in [5, 5.41) is 7.45. The van der Waals surface area contributed by atoms with Crippen molar-refractivity contribution in [2.75, 3.05) is 13.1 Å². The average molecular weight is 354 g/mol. The van der Waals surface area contributed by atoms with E-state index in [2.05, 4.69) is 22.5 Å². The molecule has 2 rings (SSSR count). The van der Waals surface area contributed by atoms with Crippen LogP contribution in [-0.2, 0) is 11.3 Å². The van der Waals surface area contributed by atoms with E-state index in [1.165, 1.54) is 12.8 Å². The summed E-state index contributed by atoms with van der Waals surface area (Å²) in [5.74, 6) is 1.25. The molecule has 2 N–H and O–H groups in total. The average Bonchev–Trinajstić information content (AvgIpc) is 2.83. The first-order valence-electron chi connectivity index (χ1n) is 7.04. The predicted molar refractivity (Wildman–Crippen MR) is 92.6 cm³/mol. The lowest BCUT2D eigenvalue weighted by molar-refractivity contribution is -0.122. The number of thiazole rings is 1. The molecule has 7 heteroatoms. The number of hydrogen-bond donors (Lipinski definition) is 2. The molecule has 4 nitrogen and oxygen atoms in total. The van der Waals surface area contributed by atoms with Crippen molar-refractivity contribution < 1.29 is 4.79 Å². The van der Waals surface area contributed by atoms with E-state index in [1.54, 1.807) is 11.3 Å². The first-order valence-corrected chi connectivity index (χ1v) is 7.85. The first kappa shape index (κ1) is 20.6. The molecule has 2 heterocycles. The molecule has 2 atom stereocenters. The second kappa shape index (κ2) is 10.4. The van der Waals surface area contributed by atoms with Gasteiger partial charge in [-0.25, -0.2) is 4.98 Å². The molecule has 0 spiro atoms. The summed E-state index contributed by atoms with van der Waals surface area (Å²) < 4.78 is 0. The van der Waals surface area contributed by atoms with Gasteiger partial charge in [0.25, 0.3) is 0 Å². The molecule has 1 aromatic heterocycles. The van der Waals surface area contributed by atoms with Gasteiger partial charge in [-0.2, -0.15) is 0 Å². The van der Waals surface area contributed by atoms with Crippen molar-refractivity contribution in [3.05, 3.63) is 16.1 Å². The van der Waals surface area contributed by atoms with Crippen LogP contribution < -0.4 is 10.6 Å². The zero-order chi connectivity index (χ0) is 13.7. The maximum absolute atomic E-state index is 11.9. The van der Waals surface area contributed by atoms with Gasteiger partial charge in [0.05, 0.1) is 11.6 Å². The summed E-state index contributed by atoms with van der Waals surface area (Å²) >= 11 is 1.64. The summed E-state index contributed by atoms with van der Waals surface area (Å²) in [5.41, 5.74) is 0. The van der Waals surface area contributed by atoms with Crippen LogP contribution in [0.3, 0.4) is 0 Å². The minimum absolute atomic E-state index is 0. The molecule has 1 fully saturated rings. The fraction of sp³-hybridized carbons (Fsp3) is 0.714. The summed E-state index contributed by atoms with van der Waals surface area (Å²) in [4.78, 5) is 17.2. The van der Waals surface area contributed by atoms with Crippen LogP contribution in [-0.4, -0.2) is 24.0 Å². The molecule has 1 aliphatic heterocycles. The number of amides is 1. The Morgan fingerprint density at radius 1 is 1.57 bits per heavy atom. The lowest BCUT2D eigenvalue weighted by Gasteiger charge is -2.27. The van der Waals surface area contributed by atoms with Crippen LogP contribution in [0.25, 0.3) is 0 Å². The van der Waals surface area contributed by atoms with Gasteiger partial charge in [0.1, 0.15) is 0 Å². The van der Waals surface area contributed by atoms with Crippen LogP contribution in [0.5, 0.6) is 0 Å². The molecule has 1 aliphatic rings. The Hall–Kier alpha value is -0.360. The SMILES string of the molecule is Cc1ncc(CNC(=O)CC(C)C2CCCNC2)s1.Cl.Cl. The fourth-order valence-electron chi connectivity index (χ4n) is 2.57. The third-order valence-electron chi connectivity index (χ3n) is 3.78. The first-order chi connectivity index (χ1) is 9.15. The van der Waals surface area contributed by atoms with Crippen molar-refractivity contribution in [2.45, 2.75) is 39.7 Å². The standard InChI is InChI=1S/C14H23N3OS.2ClH/c1-10(12-4-3-5-15-7-12)6-14(18)17-9-13-8-16-11(2)19-13;;/h8,10,12,15H,3-7,9H2,1-2H3,(H,17,18);2*1H. The quantitative estimate of drug-likeness (QED) is 0.855. The van der Waals surface area contributed by atoms with Gasteiger partial charge in [-0.3, -0.25) is 4.79 Å². The van der Waals surface area contributed by atoms with Crippen LogP contribution in [0.1, 0.15) is 36.1 Å². The lowest BCUT2D eigenvalue weighted by atomic mass is 9.85. The van der Waals surface area contributed by atoms with E-state index in [1.807, 2.05) is 13.1 Å². The summed E-state index contributed by atoms with van der Waals surface area (Å²) in [6.07, 6.45) is 4.95. The molecule has 0 saturated carbocycles. The van der Waals surface area contributed by atoms with E-state index in [0.29, 0.717) is 24.8 Å². The number of aromatic nitrogens is 1. The lowest BCUT2D eigenvalue weighted by Crippen LogP contribution is -2.35. The number of nitrogens with one attached hydrogen (secondary N) is 2. The minimum Gasteiger partial charge on any atom is -0.351 e. The molecule has 0 bridgehead atoms. The van der Waals surface area contributed by atoms with Crippen molar-refractivity contribution >= 4 is 42.1 Å². The van der Waals surface area contributed by atoms with Gasteiger partial charge in [-0.15, -0.1) is 36.2 Å². The van der Waals surface area contributed by atoms with E-state index in [0.717, 1.165) is 23.0 Å². The highest BCUT2D eigenvalue weighted by atomic mass is 35.5. The Balaban J connectivity index is 0.00000200. The number of rotatable bonds is 5. The van der Waals surface area contributed by atoms with Crippen LogP contribution >= 0.6 is 36.2 Å². The Labute approximate surface area is 143 Å². The number of nitrogens with zero attached hydrogens (tertiary/aromatic N) is 1. The number of carbonyl (C=O) groups excluding carboxylic acids is 1. The van der Waals surface area contributed by atoms with E-state index in [-0.39, 0.29) is 30.7 Å². The van der Waals surface area contributed by atoms with Gasteiger partial charge in [-0.05, 0) is 44.7 Å². The van der Waals surface area contributed by atoms with Gasteiger partial charge in [0, 0.05) is 17.5 Å². The zero-order valence-electron chi connectivity index (χ0n) is 12.6. The van der Waals surface area contributed by atoms with Crippen molar-refractivity contribution in [1.29, 1.82) is 0 Å². The van der Waals surface area contributed by atoms with E-state index in [9.17, 15) is 4.79 Å². The molecule has 2 unspecified atom stereocenters. The van der Waals surface area contributed by atoms with Crippen molar-refractivity contribution in [3.63, 3.8) is 0 Å². The topological polar surface area (TPSA) is 54.0 Å². The van der Waals surface area contributed by atoms with Crippen molar-refractivity contribution in [3.8, 4) is 0 Å². The Bertz CT molecular complexity index is 422. The van der Waals surface area contributed by atoms with E-state index >= 15 is 0 Å². The van der Waals surface area contributed by atoms with E-state index in [4.69, 9.17) is 0 Å². The molecule has 0 aliphatic carbocycles. The highest BCUT2D eigenvalue weighted by Crippen LogP contribution is 2.22. The summed E-state index contributed by atoms with van der Waals surface area (Å²) in [6.45, 7) is 6.96. The number of halogens is 2. The van der Waals surface area contributed by atoms with Crippen molar-refractivity contribution in [2.24, 2.45) is 11.8 Å². The van der Waals surface area contributed by atoms with E-state index < -0.39 is 0 Å². The molecule has 0 radical (unpaired) electrons. The molecule has 1 amide bonds. The largest absolute Gasteiger partial charge is 0.351 e. The van der Waals surface area contributed by atoms with Crippen LogP contribution in [0.4, 0.5) is 0 Å².